The number of sulfone groups is 1. The second-order valence-corrected chi connectivity index (χ2v) is 18.4. The van der Waals surface area contributed by atoms with E-state index in [0.29, 0.717) is 29.5 Å². The highest BCUT2D eigenvalue weighted by Crippen LogP contribution is 2.40. The number of hydrogen-bond acceptors (Lipinski definition) is 9. The summed E-state index contributed by atoms with van der Waals surface area (Å²) in [6, 6.07) is 8.51. The number of allylic oxidation sites excluding steroid dienone is 1. The second-order valence-electron chi connectivity index (χ2n) is 13.4. The van der Waals surface area contributed by atoms with Crippen molar-refractivity contribution >= 4 is 60.8 Å². The van der Waals surface area contributed by atoms with E-state index in [-0.39, 0.29) is 52.6 Å². The fourth-order valence-corrected chi connectivity index (χ4v) is 8.51. The van der Waals surface area contributed by atoms with Gasteiger partial charge in [-0.25, -0.2) is 30.6 Å². The number of benzene rings is 2. The van der Waals surface area contributed by atoms with E-state index in [0.717, 1.165) is 24.5 Å². The molecule has 1 aliphatic carbocycles. The number of hydrazone groups is 1. The molecule has 1 fully saturated rings. The summed E-state index contributed by atoms with van der Waals surface area (Å²) in [5.74, 6) is 3.69. The molecule has 0 unspecified atom stereocenters. The molecule has 1 aliphatic rings. The Hall–Kier alpha value is -4.85. The van der Waals surface area contributed by atoms with Crippen LogP contribution < -0.4 is 10.0 Å². The summed E-state index contributed by atoms with van der Waals surface area (Å²) in [6.07, 6.45) is 5.34. The molecule has 1 amide bonds. The molecule has 0 aliphatic heterocycles. The predicted molar refractivity (Wildman–Crippen MR) is 207 cm³/mol. The van der Waals surface area contributed by atoms with Gasteiger partial charge in [-0.3, -0.25) is 19.2 Å². The normalized spacial score (nSPS) is 14.1. The number of nitrogens with one attached hydrogen (secondary N) is 2. The van der Waals surface area contributed by atoms with Gasteiger partial charge in [0.1, 0.15) is 22.1 Å². The van der Waals surface area contributed by atoms with Gasteiger partial charge in [-0.15, -0.1) is 0 Å². The van der Waals surface area contributed by atoms with Crippen LogP contribution >= 0.6 is 11.6 Å². The zero-order chi connectivity index (χ0) is 39.6. The van der Waals surface area contributed by atoms with Crippen LogP contribution in [0.3, 0.4) is 0 Å². The van der Waals surface area contributed by atoms with Crippen LogP contribution in [0, 0.1) is 23.5 Å². The van der Waals surface area contributed by atoms with Crippen LogP contribution in [0.15, 0.2) is 59.8 Å². The number of aromatic nitrogens is 3. The average molecular weight is 800 g/mol. The minimum absolute atomic E-state index is 0.0143. The lowest BCUT2D eigenvalue weighted by Crippen LogP contribution is -2.33. The number of aryl methyl sites for hydroxylation is 1. The molecule has 0 radical (unpaired) electrons. The molecule has 1 atom stereocenters. The van der Waals surface area contributed by atoms with Gasteiger partial charge in [-0.1, -0.05) is 29.7 Å². The van der Waals surface area contributed by atoms with Crippen LogP contribution in [0.5, 0.6) is 0 Å². The number of amides is 1. The van der Waals surface area contributed by atoms with Gasteiger partial charge in [0.25, 0.3) is 0 Å². The number of nitrogens with zero attached hydrogens (tertiary/aromatic N) is 5. The van der Waals surface area contributed by atoms with Gasteiger partial charge >= 0.3 is 0 Å². The molecule has 4 aromatic rings. The van der Waals surface area contributed by atoms with E-state index in [1.807, 2.05) is 0 Å². The Morgan fingerprint density at radius 3 is 2.43 bits per heavy atom. The summed E-state index contributed by atoms with van der Waals surface area (Å²) in [7, 11) is -5.72. The second kappa shape index (κ2) is 15.9. The van der Waals surface area contributed by atoms with Gasteiger partial charge in [0.05, 0.1) is 39.2 Å². The lowest BCUT2D eigenvalue weighted by molar-refractivity contribution is -0.122. The SMILES string of the molecule is C=NN(/C=C\C)CCC(=O)N[C@@H](Cc1cc(F)cc(F)c1)c1nc(C#CC(C)(C)S(=O)(=O)C2CC2)ccc1-c1ccc(Cl)c2c(NS(C)(=O)=O)nn(C)c12. The van der Waals surface area contributed by atoms with E-state index in [1.54, 1.807) is 50.5 Å². The third kappa shape index (κ3) is 9.26. The summed E-state index contributed by atoms with van der Waals surface area (Å²) < 4.78 is 82.3. The Bertz CT molecular complexity index is 2420. The van der Waals surface area contributed by atoms with E-state index in [4.69, 9.17) is 16.6 Å². The summed E-state index contributed by atoms with van der Waals surface area (Å²) in [5, 5.41) is 12.7. The van der Waals surface area contributed by atoms with Crippen molar-refractivity contribution in [1.82, 2.24) is 25.1 Å². The van der Waals surface area contributed by atoms with Crippen molar-refractivity contribution in [2.24, 2.45) is 12.1 Å². The first-order valence-corrected chi connectivity index (χ1v) is 20.7. The Balaban J connectivity index is 1.72. The zero-order valence-corrected chi connectivity index (χ0v) is 32.7. The molecule has 12 nitrogen and oxygen atoms in total. The van der Waals surface area contributed by atoms with Gasteiger partial charge in [-0.2, -0.15) is 10.2 Å². The number of rotatable bonds is 14. The zero-order valence-electron chi connectivity index (χ0n) is 30.3. The molecular formula is C37H40ClF2N7O5S2. The molecule has 2 aromatic carbocycles. The largest absolute Gasteiger partial charge is 0.347 e. The van der Waals surface area contributed by atoms with E-state index < -0.39 is 53.4 Å². The van der Waals surface area contributed by atoms with Gasteiger partial charge in [0.15, 0.2) is 15.7 Å². The number of sulfonamides is 1. The maximum Gasteiger partial charge on any atom is 0.231 e. The van der Waals surface area contributed by atoms with Crippen LogP contribution in [-0.2, 0) is 38.1 Å². The first-order chi connectivity index (χ1) is 25.3. The minimum Gasteiger partial charge on any atom is -0.347 e. The number of halogens is 3. The molecule has 286 valence electrons. The van der Waals surface area contributed by atoms with Gasteiger partial charge < -0.3 is 5.32 Å². The predicted octanol–water partition coefficient (Wildman–Crippen LogP) is 5.89. The smallest absolute Gasteiger partial charge is 0.231 e. The van der Waals surface area contributed by atoms with Crippen molar-refractivity contribution in [3.8, 4) is 23.0 Å². The van der Waals surface area contributed by atoms with Gasteiger partial charge in [-0.05, 0) is 81.8 Å². The number of carbonyl (C=O) groups excluding carboxylic acids is 1. The molecular weight excluding hydrogens is 760 g/mol. The Morgan fingerprint density at radius 1 is 1.15 bits per heavy atom. The molecule has 2 aromatic heterocycles. The molecule has 2 N–H and O–H groups in total. The summed E-state index contributed by atoms with van der Waals surface area (Å²) in [6.45, 7) is 8.55. The van der Waals surface area contributed by atoms with Crippen LogP contribution in [0.1, 0.15) is 63.0 Å². The van der Waals surface area contributed by atoms with Crippen molar-refractivity contribution in [3.05, 3.63) is 88.3 Å². The van der Waals surface area contributed by atoms with Crippen LogP contribution in [0.2, 0.25) is 5.02 Å². The van der Waals surface area contributed by atoms with E-state index in [2.05, 4.69) is 38.8 Å². The number of hydrogen-bond donors (Lipinski definition) is 2. The third-order valence-electron chi connectivity index (χ3n) is 8.70. The van der Waals surface area contributed by atoms with Crippen LogP contribution in [0.4, 0.5) is 14.6 Å². The van der Waals surface area contributed by atoms with E-state index in [1.165, 1.54) is 23.5 Å². The molecule has 2 heterocycles. The molecule has 0 bridgehead atoms. The minimum atomic E-state index is -3.76. The van der Waals surface area contributed by atoms with Gasteiger partial charge in [0, 0.05) is 50.1 Å². The van der Waals surface area contributed by atoms with Gasteiger partial charge in [0.2, 0.25) is 15.9 Å². The summed E-state index contributed by atoms with van der Waals surface area (Å²) in [5.41, 5.74) is 1.91. The van der Waals surface area contributed by atoms with Crippen molar-refractivity contribution < 1.29 is 30.4 Å². The lowest BCUT2D eigenvalue weighted by Gasteiger charge is -2.23. The molecule has 1 saturated carbocycles. The van der Waals surface area contributed by atoms with Crippen LogP contribution in [-0.4, -0.2) is 72.0 Å². The highest BCUT2D eigenvalue weighted by molar-refractivity contribution is 7.93. The maximum absolute atomic E-state index is 14.5. The Kier molecular flexibility index (Phi) is 11.8. The van der Waals surface area contributed by atoms with E-state index in [9.17, 15) is 30.4 Å². The molecule has 0 saturated heterocycles. The van der Waals surface area contributed by atoms with Crippen LogP contribution in [0.25, 0.3) is 22.0 Å². The number of pyridine rings is 1. The topological polar surface area (TPSA) is 156 Å². The highest BCUT2D eigenvalue weighted by atomic mass is 35.5. The fraction of sp³-hybridized carbons (Fsp3) is 0.351. The first kappa shape index (κ1) is 40.3. The van der Waals surface area contributed by atoms with Crippen molar-refractivity contribution in [2.75, 3.05) is 17.5 Å². The van der Waals surface area contributed by atoms with Crippen molar-refractivity contribution in [1.29, 1.82) is 0 Å². The standard InChI is InChI=1S/C37H40ClF2N7O5S2/c1-7-17-47(41-4)18-15-32(48)43-31(21-23-19-24(39)22-25(40)20-23)34-28(11-8-26(42-34)14-16-37(2,3)54(51,52)27-9-10-27)29-12-13-30(38)33-35(29)46(5)44-36(33)45-53(6,49)50/h7-8,11-13,17,19-20,22,27,31H,4,9-10,15,18,21H2,1-3,5-6H3,(H,43,48)(H,44,45)/b17-7-/t31-/m0/s1. The molecule has 5 rings (SSSR count). The maximum atomic E-state index is 14.5. The highest BCUT2D eigenvalue weighted by Gasteiger charge is 2.45. The van der Waals surface area contributed by atoms with Crippen molar-refractivity contribution in [3.63, 3.8) is 0 Å². The van der Waals surface area contributed by atoms with Crippen molar-refractivity contribution in [2.45, 2.75) is 62.5 Å². The number of fused-ring (bicyclic) bond motifs is 1. The lowest BCUT2D eigenvalue weighted by atomic mass is 9.93. The fourth-order valence-electron chi connectivity index (χ4n) is 5.99. The Morgan fingerprint density at radius 2 is 1.81 bits per heavy atom. The monoisotopic (exact) mass is 799 g/mol. The first-order valence-electron chi connectivity index (χ1n) is 16.8. The number of carbonyl (C=O) groups is 1. The average Bonchev–Trinajstić information content (AvgIpc) is 3.89. The molecule has 0 spiro atoms. The summed E-state index contributed by atoms with van der Waals surface area (Å²) in [4.78, 5) is 18.5. The number of anilines is 1. The third-order valence-corrected chi connectivity index (χ3v) is 12.5. The molecule has 54 heavy (non-hydrogen) atoms. The molecule has 17 heteroatoms. The van der Waals surface area contributed by atoms with E-state index >= 15 is 0 Å². The quantitative estimate of drug-likeness (QED) is 0.0910. The summed E-state index contributed by atoms with van der Waals surface area (Å²) >= 11 is 6.62. The Labute approximate surface area is 318 Å².